The zero-order valence-electron chi connectivity index (χ0n) is 13.8. The summed E-state index contributed by atoms with van der Waals surface area (Å²) in [6.45, 7) is 1.68. The molecule has 0 bridgehead atoms. The van der Waals surface area contributed by atoms with Crippen LogP contribution in [0.1, 0.15) is 16.1 Å². The number of anilines is 1. The number of benzene rings is 2. The van der Waals surface area contributed by atoms with E-state index in [-0.39, 0.29) is 11.4 Å². The summed E-state index contributed by atoms with van der Waals surface area (Å²) in [6, 6.07) is 10.3. The molecule has 1 N–H and O–H groups in total. The number of furan rings is 1. The molecule has 1 aromatic heterocycles. The Kier molecular flexibility index (Phi) is 4.50. The van der Waals surface area contributed by atoms with Gasteiger partial charge in [-0.3, -0.25) is 4.79 Å². The Morgan fingerprint density at radius 3 is 2.58 bits per heavy atom. The molecule has 26 heavy (non-hydrogen) atoms. The van der Waals surface area contributed by atoms with Crippen molar-refractivity contribution in [2.45, 2.75) is 13.3 Å². The second-order valence-electron chi connectivity index (χ2n) is 5.42. The second kappa shape index (κ2) is 6.62. The molecule has 0 radical (unpaired) electrons. The number of methoxy groups -OCH3 is 1. The van der Waals surface area contributed by atoms with E-state index in [1.54, 1.807) is 25.1 Å². The number of para-hydroxylation sites is 2. The molecule has 0 aliphatic heterocycles. The molecule has 3 rings (SSSR count). The van der Waals surface area contributed by atoms with Crippen LogP contribution in [0.25, 0.3) is 11.0 Å². The third kappa shape index (κ3) is 3.58. The maximum atomic E-state index is 12.5. The number of carbonyl (C=O) groups is 1. The summed E-state index contributed by atoms with van der Waals surface area (Å²) in [5.74, 6) is -0.605. The van der Waals surface area contributed by atoms with Gasteiger partial charge in [0.1, 0.15) is 11.3 Å². The van der Waals surface area contributed by atoms with E-state index >= 15 is 0 Å². The topological polar surface area (TPSA) is 60.7 Å². The van der Waals surface area contributed by atoms with Gasteiger partial charge >= 0.3 is 6.36 Å². The van der Waals surface area contributed by atoms with E-state index in [9.17, 15) is 18.0 Å². The number of aryl methyl sites for hydroxylation is 1. The number of nitrogens with one attached hydrogen (secondary N) is 1. The van der Waals surface area contributed by atoms with Gasteiger partial charge in [0.05, 0.1) is 12.8 Å². The van der Waals surface area contributed by atoms with E-state index in [2.05, 4.69) is 10.1 Å². The van der Waals surface area contributed by atoms with Gasteiger partial charge in [0.25, 0.3) is 5.91 Å². The third-order valence-corrected chi connectivity index (χ3v) is 3.71. The lowest BCUT2D eigenvalue weighted by Gasteiger charge is -2.13. The van der Waals surface area contributed by atoms with Gasteiger partial charge in [-0.1, -0.05) is 12.1 Å². The van der Waals surface area contributed by atoms with Crippen molar-refractivity contribution >= 4 is 22.6 Å². The van der Waals surface area contributed by atoms with Crippen LogP contribution in [-0.4, -0.2) is 19.4 Å². The minimum atomic E-state index is -4.87. The molecule has 0 aliphatic carbocycles. The first-order chi connectivity index (χ1) is 12.3. The molecule has 1 amide bonds. The summed E-state index contributed by atoms with van der Waals surface area (Å²) in [4.78, 5) is 12.5. The Bertz CT molecular complexity index is 963. The van der Waals surface area contributed by atoms with Crippen molar-refractivity contribution in [2.75, 3.05) is 12.4 Å². The summed E-state index contributed by atoms with van der Waals surface area (Å²) < 4.78 is 52.1. The summed E-state index contributed by atoms with van der Waals surface area (Å²) in [7, 11) is 1.52. The maximum Gasteiger partial charge on any atom is 0.573 e. The average Bonchev–Trinajstić information content (AvgIpc) is 2.92. The predicted molar refractivity (Wildman–Crippen MR) is 88.6 cm³/mol. The minimum Gasteiger partial charge on any atom is -0.497 e. The first-order valence-electron chi connectivity index (χ1n) is 7.52. The molecule has 5 nitrogen and oxygen atoms in total. The lowest BCUT2D eigenvalue weighted by molar-refractivity contribution is -0.274. The molecule has 0 saturated heterocycles. The standard InChI is InChI=1S/C18H14F3NO4/c1-10-12-9-11(24-2)7-8-14(12)25-16(10)17(23)22-13-5-3-4-6-15(13)26-18(19,20)21/h3-9H,1-2H3,(H,22,23). The molecule has 0 fully saturated rings. The fraction of sp³-hybridized carbons (Fsp3) is 0.167. The van der Waals surface area contributed by atoms with Crippen molar-refractivity contribution in [3.05, 3.63) is 53.8 Å². The molecule has 136 valence electrons. The number of fused-ring (bicyclic) bond motifs is 1. The van der Waals surface area contributed by atoms with Gasteiger partial charge < -0.3 is 19.2 Å². The minimum absolute atomic E-state index is 0.00457. The predicted octanol–water partition coefficient (Wildman–Crippen LogP) is 4.90. The molecule has 1 heterocycles. The smallest absolute Gasteiger partial charge is 0.497 e. The van der Waals surface area contributed by atoms with Crippen LogP contribution in [0.2, 0.25) is 0 Å². The largest absolute Gasteiger partial charge is 0.573 e. The first kappa shape index (κ1) is 17.7. The molecule has 0 aliphatic rings. The quantitative estimate of drug-likeness (QED) is 0.714. The lowest BCUT2D eigenvalue weighted by Crippen LogP contribution is -2.19. The fourth-order valence-electron chi connectivity index (χ4n) is 2.51. The molecular formula is C18H14F3NO4. The number of alkyl halides is 3. The molecule has 0 spiro atoms. The Morgan fingerprint density at radius 1 is 1.15 bits per heavy atom. The van der Waals surface area contributed by atoms with Gasteiger partial charge in [-0.2, -0.15) is 0 Å². The Hall–Kier alpha value is -3.16. The van der Waals surface area contributed by atoms with Gasteiger partial charge in [0.2, 0.25) is 0 Å². The highest BCUT2D eigenvalue weighted by Crippen LogP contribution is 2.32. The molecule has 0 unspecified atom stereocenters. The molecular weight excluding hydrogens is 351 g/mol. The summed E-state index contributed by atoms with van der Waals surface area (Å²) in [6.07, 6.45) is -4.87. The monoisotopic (exact) mass is 365 g/mol. The van der Waals surface area contributed by atoms with Crippen LogP contribution in [0.15, 0.2) is 46.9 Å². The van der Waals surface area contributed by atoms with E-state index in [0.717, 1.165) is 6.07 Å². The first-order valence-corrected chi connectivity index (χ1v) is 7.52. The van der Waals surface area contributed by atoms with Crippen molar-refractivity contribution in [2.24, 2.45) is 0 Å². The summed E-state index contributed by atoms with van der Waals surface area (Å²) >= 11 is 0. The van der Waals surface area contributed by atoms with Gasteiger partial charge in [-0.05, 0) is 37.3 Å². The van der Waals surface area contributed by atoms with E-state index < -0.39 is 18.0 Å². The highest BCUT2D eigenvalue weighted by molar-refractivity contribution is 6.07. The molecule has 8 heteroatoms. The normalized spacial score (nSPS) is 11.4. The Labute approximate surface area is 146 Å². The van der Waals surface area contributed by atoms with Crippen LogP contribution in [0.3, 0.4) is 0 Å². The van der Waals surface area contributed by atoms with E-state index in [1.807, 2.05) is 0 Å². The third-order valence-electron chi connectivity index (χ3n) is 3.71. The van der Waals surface area contributed by atoms with Crippen LogP contribution in [0, 0.1) is 6.92 Å². The van der Waals surface area contributed by atoms with Crippen LogP contribution < -0.4 is 14.8 Å². The van der Waals surface area contributed by atoms with Crippen LogP contribution >= 0.6 is 0 Å². The lowest BCUT2D eigenvalue weighted by atomic mass is 10.1. The van der Waals surface area contributed by atoms with E-state index in [1.165, 1.54) is 25.3 Å². The second-order valence-corrected chi connectivity index (χ2v) is 5.42. The Morgan fingerprint density at radius 2 is 1.88 bits per heavy atom. The van der Waals surface area contributed by atoms with E-state index in [0.29, 0.717) is 22.3 Å². The molecule has 0 saturated carbocycles. The zero-order valence-corrected chi connectivity index (χ0v) is 13.8. The average molecular weight is 365 g/mol. The summed E-state index contributed by atoms with van der Waals surface area (Å²) in [5, 5.41) is 3.07. The molecule has 0 atom stereocenters. The summed E-state index contributed by atoms with van der Waals surface area (Å²) in [5.41, 5.74) is 0.895. The Balaban J connectivity index is 1.92. The maximum absolute atomic E-state index is 12.5. The van der Waals surface area contributed by atoms with Crippen molar-refractivity contribution in [1.29, 1.82) is 0 Å². The SMILES string of the molecule is COc1ccc2oc(C(=O)Nc3ccccc3OC(F)(F)F)c(C)c2c1. The van der Waals surface area contributed by atoms with Crippen LogP contribution in [0.5, 0.6) is 11.5 Å². The van der Waals surface area contributed by atoms with Crippen molar-refractivity contribution < 1.29 is 31.9 Å². The van der Waals surface area contributed by atoms with Crippen molar-refractivity contribution in [3.8, 4) is 11.5 Å². The van der Waals surface area contributed by atoms with Crippen molar-refractivity contribution in [3.63, 3.8) is 0 Å². The number of rotatable bonds is 4. The van der Waals surface area contributed by atoms with Gasteiger partial charge in [0, 0.05) is 10.9 Å². The van der Waals surface area contributed by atoms with Crippen LogP contribution in [-0.2, 0) is 0 Å². The number of ether oxygens (including phenoxy) is 2. The molecule has 3 aromatic rings. The number of hydrogen-bond donors (Lipinski definition) is 1. The van der Waals surface area contributed by atoms with Gasteiger partial charge in [-0.15, -0.1) is 13.2 Å². The van der Waals surface area contributed by atoms with Crippen LogP contribution in [0.4, 0.5) is 18.9 Å². The van der Waals surface area contributed by atoms with Crippen molar-refractivity contribution in [1.82, 2.24) is 0 Å². The number of halogens is 3. The highest BCUT2D eigenvalue weighted by Gasteiger charge is 2.32. The molecule has 2 aromatic carbocycles. The number of amides is 1. The van der Waals surface area contributed by atoms with Gasteiger partial charge in [0.15, 0.2) is 11.5 Å². The fourth-order valence-corrected chi connectivity index (χ4v) is 2.51. The zero-order chi connectivity index (χ0) is 18.9. The number of hydrogen-bond acceptors (Lipinski definition) is 4. The highest BCUT2D eigenvalue weighted by atomic mass is 19.4. The van der Waals surface area contributed by atoms with E-state index in [4.69, 9.17) is 9.15 Å². The number of carbonyl (C=O) groups excluding carboxylic acids is 1. The van der Waals surface area contributed by atoms with Gasteiger partial charge in [-0.25, -0.2) is 0 Å².